The number of benzene rings is 2. The Bertz CT molecular complexity index is 1000. The van der Waals surface area contributed by atoms with Crippen molar-refractivity contribution in [2.45, 2.75) is 26.4 Å². The van der Waals surface area contributed by atoms with Gasteiger partial charge in [0.05, 0.1) is 35.2 Å². The second-order valence-corrected chi connectivity index (χ2v) is 8.58. The van der Waals surface area contributed by atoms with E-state index in [-0.39, 0.29) is 30.1 Å². The van der Waals surface area contributed by atoms with Crippen LogP contribution in [0, 0.1) is 20.7 Å². The average Bonchev–Trinajstić information content (AvgIpc) is 2.68. The van der Waals surface area contributed by atoms with Gasteiger partial charge < -0.3 is 15.4 Å². The summed E-state index contributed by atoms with van der Waals surface area (Å²) in [4.78, 5) is 29.2. The molecule has 8 nitrogen and oxygen atoms in total. The van der Waals surface area contributed by atoms with Crippen LogP contribution in [0.15, 0.2) is 36.4 Å². The fraction of sp³-hybridized carbons (Fsp3) is 0.286. The molecule has 2 amide bonds. The van der Waals surface area contributed by atoms with Crippen molar-refractivity contribution in [3.8, 4) is 6.07 Å². The van der Waals surface area contributed by atoms with E-state index in [1.807, 2.05) is 28.7 Å². The number of hydrogen-bond donors (Lipinski definition) is 3. The summed E-state index contributed by atoms with van der Waals surface area (Å²) in [5.41, 5.74) is 2.49. The van der Waals surface area contributed by atoms with Crippen molar-refractivity contribution in [1.82, 2.24) is 10.8 Å². The van der Waals surface area contributed by atoms with Gasteiger partial charge in [-0.1, -0.05) is 0 Å². The molecule has 0 radical (unpaired) electrons. The van der Waals surface area contributed by atoms with Crippen molar-refractivity contribution in [2.24, 2.45) is 0 Å². The monoisotopic (exact) mass is 540 g/mol. The normalized spacial score (nSPS) is 10.7. The van der Waals surface area contributed by atoms with Gasteiger partial charge in [-0.15, -0.1) is 0 Å². The van der Waals surface area contributed by atoms with Crippen LogP contribution in [0.25, 0.3) is 0 Å². The fourth-order valence-electron chi connectivity index (χ4n) is 2.34. The van der Waals surface area contributed by atoms with Gasteiger partial charge in [0.2, 0.25) is 0 Å². The number of alkyl carbamates (subject to hydrolysis) is 1. The number of carbonyl (C=O) groups is 2. The largest absolute Gasteiger partial charge is 0.444 e. The van der Waals surface area contributed by atoms with Crippen LogP contribution in [0.2, 0.25) is 0 Å². The Morgan fingerprint density at radius 3 is 2.55 bits per heavy atom. The van der Waals surface area contributed by atoms with Crippen LogP contribution < -0.4 is 16.1 Å². The third-order valence-corrected chi connectivity index (χ3v) is 4.30. The van der Waals surface area contributed by atoms with Gasteiger partial charge >= 0.3 is 6.09 Å². The zero-order valence-corrected chi connectivity index (χ0v) is 19.4. The number of nitrogens with zero attached hydrogens (tertiary/aromatic N) is 1. The second-order valence-electron chi connectivity index (χ2n) is 7.33. The van der Waals surface area contributed by atoms with Crippen molar-refractivity contribution in [2.75, 3.05) is 18.5 Å². The first-order valence-electron chi connectivity index (χ1n) is 9.24. The molecule has 0 aliphatic rings. The number of nitriles is 1. The van der Waals surface area contributed by atoms with E-state index in [0.29, 0.717) is 5.56 Å². The molecule has 0 bridgehead atoms. The zero-order valence-electron chi connectivity index (χ0n) is 17.2. The predicted molar refractivity (Wildman–Crippen MR) is 121 cm³/mol. The fourth-order valence-corrected chi connectivity index (χ4v) is 2.79. The van der Waals surface area contributed by atoms with Gasteiger partial charge in [-0.3, -0.25) is 9.63 Å². The van der Waals surface area contributed by atoms with E-state index in [4.69, 9.17) is 14.8 Å². The van der Waals surface area contributed by atoms with E-state index in [1.165, 1.54) is 30.3 Å². The van der Waals surface area contributed by atoms with Crippen molar-refractivity contribution in [3.63, 3.8) is 0 Å². The lowest BCUT2D eigenvalue weighted by atomic mass is 10.1. The van der Waals surface area contributed by atoms with E-state index >= 15 is 0 Å². The molecule has 0 heterocycles. The molecule has 0 aromatic heterocycles. The number of anilines is 2. The van der Waals surface area contributed by atoms with E-state index in [2.05, 4.69) is 16.1 Å². The first-order valence-corrected chi connectivity index (χ1v) is 10.3. The second kappa shape index (κ2) is 10.9. The van der Waals surface area contributed by atoms with E-state index in [0.717, 1.165) is 3.57 Å². The van der Waals surface area contributed by atoms with Crippen LogP contribution in [0.1, 0.15) is 36.7 Å². The van der Waals surface area contributed by atoms with E-state index in [9.17, 15) is 14.0 Å². The molecule has 0 saturated carbocycles. The lowest BCUT2D eigenvalue weighted by Gasteiger charge is -2.19. The molecule has 3 N–H and O–H groups in total. The molecule has 0 spiro atoms. The minimum absolute atomic E-state index is 0.00419. The molecule has 2 rings (SSSR count). The van der Waals surface area contributed by atoms with Gasteiger partial charge in [-0.25, -0.2) is 14.7 Å². The average molecular weight is 540 g/mol. The molecule has 0 aliphatic carbocycles. The Hall–Kier alpha value is -2.91. The van der Waals surface area contributed by atoms with Gasteiger partial charge in [-0.05, 0) is 79.8 Å². The standard InChI is InChI=1S/C21H22FIN4O4/c1-21(2,3)31-20(29)25-8-9-30-27-19(28)15-6-4-13(12-24)10-18(15)26-17-7-5-14(23)11-16(17)22/h4-7,10-11,26H,8-9H2,1-3H3,(H,25,29)(H,27,28). The highest BCUT2D eigenvalue weighted by atomic mass is 127. The topological polar surface area (TPSA) is 112 Å². The van der Waals surface area contributed by atoms with Crippen molar-refractivity contribution >= 4 is 46.0 Å². The van der Waals surface area contributed by atoms with Crippen LogP contribution in [0.3, 0.4) is 0 Å². The molecule has 31 heavy (non-hydrogen) atoms. The predicted octanol–water partition coefficient (Wildman–Crippen LogP) is 4.23. The first kappa shape index (κ1) is 24.4. The van der Waals surface area contributed by atoms with Crippen molar-refractivity contribution in [3.05, 3.63) is 56.9 Å². The summed E-state index contributed by atoms with van der Waals surface area (Å²) in [7, 11) is 0. The Morgan fingerprint density at radius 2 is 1.90 bits per heavy atom. The third kappa shape index (κ3) is 8.03. The molecular formula is C21H22FIN4O4. The van der Waals surface area contributed by atoms with E-state index in [1.54, 1.807) is 26.8 Å². The lowest BCUT2D eigenvalue weighted by Crippen LogP contribution is -2.35. The molecule has 0 saturated heterocycles. The summed E-state index contributed by atoms with van der Waals surface area (Å²) in [5, 5.41) is 14.5. The number of ether oxygens (including phenoxy) is 1. The van der Waals surface area contributed by atoms with Gasteiger partial charge in [0, 0.05) is 10.1 Å². The highest BCUT2D eigenvalue weighted by Gasteiger charge is 2.16. The van der Waals surface area contributed by atoms with Crippen LogP contribution in [0.5, 0.6) is 0 Å². The van der Waals surface area contributed by atoms with Crippen molar-refractivity contribution < 1.29 is 23.6 Å². The molecule has 2 aromatic carbocycles. The minimum Gasteiger partial charge on any atom is -0.444 e. The SMILES string of the molecule is CC(C)(C)OC(=O)NCCONC(=O)c1ccc(C#N)cc1Nc1ccc(I)cc1F. The summed E-state index contributed by atoms with van der Waals surface area (Å²) in [6.45, 7) is 5.34. The van der Waals surface area contributed by atoms with Gasteiger partial charge in [0.1, 0.15) is 11.4 Å². The highest BCUT2D eigenvalue weighted by molar-refractivity contribution is 14.1. The molecule has 0 unspecified atom stereocenters. The quantitative estimate of drug-likeness (QED) is 0.275. The molecule has 0 fully saturated rings. The zero-order chi connectivity index (χ0) is 23.0. The van der Waals surface area contributed by atoms with E-state index < -0.39 is 23.4 Å². The molecule has 0 atom stereocenters. The maximum atomic E-state index is 14.2. The smallest absolute Gasteiger partial charge is 0.407 e. The molecule has 10 heteroatoms. The Morgan fingerprint density at radius 1 is 1.16 bits per heavy atom. The summed E-state index contributed by atoms with van der Waals surface area (Å²) in [5.74, 6) is -1.10. The maximum Gasteiger partial charge on any atom is 0.407 e. The summed E-state index contributed by atoms with van der Waals surface area (Å²) in [6, 6.07) is 10.9. The van der Waals surface area contributed by atoms with Crippen LogP contribution in [-0.2, 0) is 9.57 Å². The number of nitrogens with one attached hydrogen (secondary N) is 3. The van der Waals surface area contributed by atoms with Crippen LogP contribution >= 0.6 is 22.6 Å². The minimum atomic E-state index is -0.616. The van der Waals surface area contributed by atoms with Gasteiger partial charge in [-0.2, -0.15) is 5.26 Å². The summed E-state index contributed by atoms with van der Waals surface area (Å²) in [6.07, 6.45) is -0.597. The first-order chi connectivity index (χ1) is 14.6. The summed E-state index contributed by atoms with van der Waals surface area (Å²) < 4.78 is 20.0. The number of amides is 2. The maximum absolute atomic E-state index is 14.2. The highest BCUT2D eigenvalue weighted by Crippen LogP contribution is 2.25. The number of halogens is 2. The molecule has 0 aliphatic heterocycles. The van der Waals surface area contributed by atoms with Crippen molar-refractivity contribution in [1.29, 1.82) is 5.26 Å². The van der Waals surface area contributed by atoms with Crippen LogP contribution in [0.4, 0.5) is 20.6 Å². The Balaban J connectivity index is 1.99. The summed E-state index contributed by atoms with van der Waals surface area (Å²) >= 11 is 1.99. The molecular weight excluding hydrogens is 518 g/mol. The number of carbonyl (C=O) groups excluding carboxylic acids is 2. The third-order valence-electron chi connectivity index (χ3n) is 3.63. The molecule has 164 valence electrons. The number of rotatable bonds is 7. The number of hydrogen-bond acceptors (Lipinski definition) is 6. The van der Waals surface area contributed by atoms with Crippen LogP contribution in [-0.4, -0.2) is 30.8 Å². The van der Waals surface area contributed by atoms with Gasteiger partial charge in [0.15, 0.2) is 0 Å². The lowest BCUT2D eigenvalue weighted by molar-refractivity contribution is 0.0284. The number of hydroxylamine groups is 1. The molecule has 2 aromatic rings. The van der Waals surface area contributed by atoms with Gasteiger partial charge in [0.25, 0.3) is 5.91 Å². The Kier molecular flexibility index (Phi) is 8.58. The Labute approximate surface area is 193 Å².